The molecule has 0 saturated carbocycles. The summed E-state index contributed by atoms with van der Waals surface area (Å²) in [6.07, 6.45) is 1.54. The number of aromatic hydroxyl groups is 1. The van der Waals surface area contributed by atoms with Gasteiger partial charge in [-0.1, -0.05) is 31.3 Å². The van der Waals surface area contributed by atoms with Crippen molar-refractivity contribution in [3.63, 3.8) is 0 Å². The normalized spacial score (nSPS) is 13.6. The van der Waals surface area contributed by atoms with E-state index in [-0.39, 0.29) is 40.8 Å². The lowest BCUT2D eigenvalue weighted by molar-refractivity contribution is 0.0620. The number of fused-ring (bicyclic) bond motifs is 1. The monoisotopic (exact) mass is 505 g/mol. The van der Waals surface area contributed by atoms with E-state index in [2.05, 4.69) is 10.2 Å². The zero-order valence-electron chi connectivity index (χ0n) is 19.5. The molecule has 12 heteroatoms. The molecule has 0 unspecified atom stereocenters. The van der Waals surface area contributed by atoms with Crippen LogP contribution >= 0.6 is 11.3 Å². The van der Waals surface area contributed by atoms with Crippen molar-refractivity contribution in [1.29, 1.82) is 0 Å². The Hall–Kier alpha value is -3.38. The van der Waals surface area contributed by atoms with E-state index in [0.717, 1.165) is 23.5 Å². The first-order valence-electron chi connectivity index (χ1n) is 11.0. The van der Waals surface area contributed by atoms with E-state index in [1.54, 1.807) is 0 Å². The van der Waals surface area contributed by atoms with Gasteiger partial charge >= 0.3 is 0 Å². The number of halogens is 2. The summed E-state index contributed by atoms with van der Waals surface area (Å²) in [5.74, 6) is -2.31. The minimum atomic E-state index is -0.752. The second kappa shape index (κ2) is 10.1. The Morgan fingerprint density at radius 1 is 1.23 bits per heavy atom. The average molecular weight is 506 g/mol. The van der Waals surface area contributed by atoms with Gasteiger partial charge in [0, 0.05) is 38.9 Å². The lowest BCUT2D eigenvalue weighted by Crippen LogP contribution is -2.55. The molecule has 35 heavy (non-hydrogen) atoms. The van der Waals surface area contributed by atoms with E-state index in [1.165, 1.54) is 28.9 Å². The fourth-order valence-corrected chi connectivity index (χ4v) is 4.72. The van der Waals surface area contributed by atoms with Gasteiger partial charge in [-0.3, -0.25) is 19.3 Å². The van der Waals surface area contributed by atoms with Gasteiger partial charge < -0.3 is 14.7 Å². The number of hydrogen-bond acceptors (Lipinski definition) is 8. The lowest BCUT2D eigenvalue weighted by atomic mass is 10.1. The molecule has 9 nitrogen and oxygen atoms in total. The number of nitrogens with zero attached hydrogens (tertiary/aromatic N) is 5. The van der Waals surface area contributed by atoms with Crippen LogP contribution < -0.4 is 10.4 Å². The fourth-order valence-electron chi connectivity index (χ4n) is 3.85. The molecule has 1 aliphatic rings. The lowest BCUT2D eigenvalue weighted by Gasteiger charge is -2.40. The molecule has 186 valence electrons. The number of ether oxygens (including phenoxy) is 1. The maximum absolute atomic E-state index is 14.0. The zero-order valence-corrected chi connectivity index (χ0v) is 20.3. The molecule has 4 rings (SSSR count). The number of methoxy groups -OCH3 is 1. The Kier molecular flexibility index (Phi) is 7.13. The summed E-state index contributed by atoms with van der Waals surface area (Å²) in [5.41, 5.74) is -0.566. The Balaban J connectivity index is 1.72. The summed E-state index contributed by atoms with van der Waals surface area (Å²) in [4.78, 5) is 27.6. The van der Waals surface area contributed by atoms with Crippen LogP contribution in [0.2, 0.25) is 0 Å². The molecule has 0 radical (unpaired) electrons. The highest BCUT2D eigenvalue weighted by molar-refractivity contribution is 7.14. The molecule has 1 aliphatic heterocycles. The van der Waals surface area contributed by atoms with Crippen LogP contribution in [-0.4, -0.2) is 64.3 Å². The van der Waals surface area contributed by atoms with Gasteiger partial charge in [-0.05, 0) is 17.5 Å². The minimum Gasteiger partial charge on any atom is -0.502 e. The van der Waals surface area contributed by atoms with Crippen LogP contribution in [0.3, 0.4) is 0 Å². The predicted molar refractivity (Wildman–Crippen MR) is 126 cm³/mol. The molecule has 0 spiro atoms. The molecule has 0 bridgehead atoms. The van der Waals surface area contributed by atoms with Gasteiger partial charge in [-0.25, -0.2) is 8.78 Å². The van der Waals surface area contributed by atoms with Gasteiger partial charge in [0.2, 0.25) is 5.43 Å². The number of amides is 1. The van der Waals surface area contributed by atoms with Crippen molar-refractivity contribution < 1.29 is 23.4 Å². The number of benzene rings is 1. The second-order valence-electron chi connectivity index (χ2n) is 8.61. The topological polar surface area (TPSA) is 101 Å². The van der Waals surface area contributed by atoms with Crippen LogP contribution in [0.15, 0.2) is 29.2 Å². The van der Waals surface area contributed by atoms with Gasteiger partial charge in [0.05, 0.1) is 12.2 Å². The van der Waals surface area contributed by atoms with Gasteiger partial charge in [-0.15, -0.1) is 10.2 Å². The van der Waals surface area contributed by atoms with E-state index in [1.807, 2.05) is 18.9 Å². The standard InChI is InChI=1S/C23H25F2N5O4S/c1-13(2)10-29-12-28(6-7-34-3)23(33)19-21(32)20(31)16(11-30(19)29)22-27-26-18(35-22)8-14-4-5-15(24)9-17(14)25/h4-5,9,11,13,32H,6-8,10,12H2,1-3H3. The molecule has 2 aromatic heterocycles. The molecule has 3 heterocycles. The van der Waals surface area contributed by atoms with E-state index < -0.39 is 28.7 Å². The third-order valence-corrected chi connectivity index (χ3v) is 6.44. The molecule has 1 N–H and O–H groups in total. The first kappa shape index (κ1) is 24.7. The van der Waals surface area contributed by atoms with Crippen molar-refractivity contribution in [3.8, 4) is 16.3 Å². The third kappa shape index (κ3) is 5.03. The van der Waals surface area contributed by atoms with Crippen molar-refractivity contribution in [1.82, 2.24) is 19.8 Å². The quantitative estimate of drug-likeness (QED) is 0.502. The number of pyridine rings is 1. The molecule has 0 fully saturated rings. The van der Waals surface area contributed by atoms with Crippen LogP contribution in [0, 0.1) is 17.6 Å². The van der Waals surface area contributed by atoms with Crippen molar-refractivity contribution in [2.45, 2.75) is 20.3 Å². The number of aromatic nitrogens is 3. The van der Waals surface area contributed by atoms with Gasteiger partial charge in [-0.2, -0.15) is 0 Å². The third-order valence-electron chi connectivity index (χ3n) is 5.49. The summed E-state index contributed by atoms with van der Waals surface area (Å²) >= 11 is 1.06. The Morgan fingerprint density at radius 2 is 2.00 bits per heavy atom. The molecular weight excluding hydrogens is 480 g/mol. The van der Waals surface area contributed by atoms with Crippen molar-refractivity contribution in [2.75, 3.05) is 38.5 Å². The number of hydrogen-bond donors (Lipinski definition) is 1. The van der Waals surface area contributed by atoms with Crippen molar-refractivity contribution >= 4 is 17.2 Å². The molecular formula is C23H25F2N5O4S. The van der Waals surface area contributed by atoms with Crippen LogP contribution in [0.4, 0.5) is 8.78 Å². The highest BCUT2D eigenvalue weighted by Crippen LogP contribution is 2.28. The summed E-state index contributed by atoms with van der Waals surface area (Å²) < 4.78 is 33.8. The van der Waals surface area contributed by atoms with Crippen molar-refractivity contribution in [3.05, 3.63) is 62.5 Å². The van der Waals surface area contributed by atoms with Crippen LogP contribution in [0.25, 0.3) is 10.6 Å². The number of carbonyl (C=O) groups is 1. The van der Waals surface area contributed by atoms with Crippen LogP contribution in [0.1, 0.15) is 34.9 Å². The minimum absolute atomic E-state index is 0.0639. The molecule has 1 aromatic carbocycles. The van der Waals surface area contributed by atoms with Crippen LogP contribution in [0.5, 0.6) is 5.75 Å². The summed E-state index contributed by atoms with van der Waals surface area (Å²) in [5, 5.41) is 21.4. The molecule has 3 aromatic rings. The van der Waals surface area contributed by atoms with Gasteiger partial charge in [0.15, 0.2) is 16.5 Å². The zero-order chi connectivity index (χ0) is 25.3. The largest absolute Gasteiger partial charge is 0.502 e. The van der Waals surface area contributed by atoms with Crippen molar-refractivity contribution in [2.24, 2.45) is 5.92 Å². The maximum Gasteiger partial charge on any atom is 0.277 e. The van der Waals surface area contributed by atoms with E-state index in [9.17, 15) is 23.5 Å². The first-order chi connectivity index (χ1) is 16.7. The number of rotatable bonds is 8. The Labute approximate surface area is 204 Å². The molecule has 0 atom stereocenters. The van der Waals surface area contributed by atoms with Gasteiger partial charge in [0.25, 0.3) is 5.91 Å². The molecule has 0 saturated heterocycles. The fraction of sp³-hybridized carbons (Fsp3) is 0.391. The van der Waals surface area contributed by atoms with E-state index in [0.29, 0.717) is 24.7 Å². The highest BCUT2D eigenvalue weighted by Gasteiger charge is 2.34. The van der Waals surface area contributed by atoms with Crippen LogP contribution in [-0.2, 0) is 11.2 Å². The number of carbonyl (C=O) groups excluding carboxylic acids is 1. The maximum atomic E-state index is 14.0. The Bertz CT molecular complexity index is 1310. The highest BCUT2D eigenvalue weighted by atomic mass is 32.1. The molecule has 0 aliphatic carbocycles. The second-order valence-corrected chi connectivity index (χ2v) is 9.67. The predicted octanol–water partition coefficient (Wildman–Crippen LogP) is 2.60. The summed E-state index contributed by atoms with van der Waals surface area (Å²) in [6.45, 7) is 5.46. The Morgan fingerprint density at radius 3 is 2.69 bits per heavy atom. The van der Waals surface area contributed by atoms with Gasteiger partial charge in [0.1, 0.15) is 23.3 Å². The molecule has 1 amide bonds. The van der Waals surface area contributed by atoms with E-state index >= 15 is 0 Å². The summed E-state index contributed by atoms with van der Waals surface area (Å²) in [7, 11) is 1.53. The van der Waals surface area contributed by atoms with E-state index in [4.69, 9.17) is 4.74 Å². The summed E-state index contributed by atoms with van der Waals surface area (Å²) in [6, 6.07) is 3.28. The smallest absolute Gasteiger partial charge is 0.277 e. The SMILES string of the molecule is COCCN1CN(CC(C)C)n2cc(-c3nnc(Cc4ccc(F)cc4F)s3)c(=O)c(O)c2C1=O. The average Bonchev–Trinajstić information content (AvgIpc) is 3.26. The first-order valence-corrected chi connectivity index (χ1v) is 11.8.